The molecule has 6 nitrogen and oxygen atoms in total. The maximum atomic E-state index is 10.8. The second-order valence-corrected chi connectivity index (χ2v) is 4.71. The standard InChI is InChI=1S/C14H22N2O4/c1-4-7-15-9-11(2)10-20-14-8-12(16(17)18)5-6-13(14)19-3/h5-6,8,11,15H,4,7,9-10H2,1-3H3. The summed E-state index contributed by atoms with van der Waals surface area (Å²) in [6.45, 7) is 6.48. The molecule has 1 N–H and O–H groups in total. The van der Waals surface area contributed by atoms with Gasteiger partial charge in [-0.15, -0.1) is 0 Å². The molecule has 6 heteroatoms. The predicted molar refractivity (Wildman–Crippen MR) is 77.5 cm³/mol. The fourth-order valence-electron chi connectivity index (χ4n) is 1.71. The molecule has 0 fully saturated rings. The van der Waals surface area contributed by atoms with Gasteiger partial charge in [-0.05, 0) is 19.0 Å². The summed E-state index contributed by atoms with van der Waals surface area (Å²) < 4.78 is 10.8. The maximum absolute atomic E-state index is 10.8. The first-order chi connectivity index (χ1) is 9.58. The Morgan fingerprint density at radius 3 is 2.75 bits per heavy atom. The van der Waals surface area contributed by atoms with Crippen LogP contribution in [-0.4, -0.2) is 31.7 Å². The van der Waals surface area contributed by atoms with Crippen LogP contribution in [0.3, 0.4) is 0 Å². The molecule has 0 amide bonds. The molecular weight excluding hydrogens is 260 g/mol. The number of benzene rings is 1. The molecule has 0 saturated carbocycles. The van der Waals surface area contributed by atoms with E-state index >= 15 is 0 Å². The van der Waals surface area contributed by atoms with Gasteiger partial charge in [-0.25, -0.2) is 0 Å². The molecular formula is C14H22N2O4. The first-order valence-corrected chi connectivity index (χ1v) is 6.74. The molecule has 1 unspecified atom stereocenters. The highest BCUT2D eigenvalue weighted by atomic mass is 16.6. The second kappa shape index (κ2) is 8.37. The number of methoxy groups -OCH3 is 1. The Kier molecular flexibility index (Phi) is 6.79. The average Bonchev–Trinajstić information content (AvgIpc) is 2.45. The summed E-state index contributed by atoms with van der Waals surface area (Å²) in [5.41, 5.74) is -0.00226. The van der Waals surface area contributed by atoms with Gasteiger partial charge in [0.2, 0.25) is 0 Å². The van der Waals surface area contributed by atoms with Gasteiger partial charge in [0, 0.05) is 18.5 Å². The van der Waals surface area contributed by atoms with Crippen molar-refractivity contribution in [3.05, 3.63) is 28.3 Å². The summed E-state index contributed by atoms with van der Waals surface area (Å²) in [5, 5.41) is 14.1. The number of hydrogen-bond donors (Lipinski definition) is 1. The van der Waals surface area contributed by atoms with Crippen LogP contribution in [0.4, 0.5) is 5.69 Å². The van der Waals surface area contributed by atoms with Crippen molar-refractivity contribution in [1.82, 2.24) is 5.32 Å². The molecule has 0 heterocycles. The van der Waals surface area contributed by atoms with Gasteiger partial charge >= 0.3 is 0 Å². The summed E-state index contributed by atoms with van der Waals surface area (Å²) in [6, 6.07) is 4.34. The molecule has 0 radical (unpaired) electrons. The fourth-order valence-corrected chi connectivity index (χ4v) is 1.71. The summed E-state index contributed by atoms with van der Waals surface area (Å²) in [7, 11) is 1.51. The molecule has 0 aromatic heterocycles. The Hall–Kier alpha value is -1.82. The monoisotopic (exact) mass is 282 g/mol. The van der Waals surface area contributed by atoms with E-state index in [0.717, 1.165) is 19.5 Å². The Morgan fingerprint density at radius 2 is 2.15 bits per heavy atom. The van der Waals surface area contributed by atoms with E-state index in [1.54, 1.807) is 6.07 Å². The lowest BCUT2D eigenvalue weighted by Gasteiger charge is -2.15. The van der Waals surface area contributed by atoms with E-state index in [1.807, 2.05) is 0 Å². The largest absolute Gasteiger partial charge is 0.493 e. The molecule has 0 bridgehead atoms. The van der Waals surface area contributed by atoms with Crippen molar-refractivity contribution in [2.75, 3.05) is 26.8 Å². The van der Waals surface area contributed by atoms with Crippen LogP contribution >= 0.6 is 0 Å². The minimum atomic E-state index is -0.446. The Labute approximate surface area is 119 Å². The van der Waals surface area contributed by atoms with Gasteiger partial charge in [0.05, 0.1) is 24.7 Å². The van der Waals surface area contributed by atoms with Gasteiger partial charge in [0.1, 0.15) is 0 Å². The van der Waals surface area contributed by atoms with Gasteiger partial charge in [-0.3, -0.25) is 10.1 Å². The number of nitro benzene ring substituents is 1. The SMILES string of the molecule is CCCNCC(C)COc1cc([N+](=O)[O-])ccc1OC. The number of ether oxygens (including phenoxy) is 2. The lowest BCUT2D eigenvalue weighted by molar-refractivity contribution is -0.385. The topological polar surface area (TPSA) is 73.6 Å². The van der Waals surface area contributed by atoms with E-state index in [2.05, 4.69) is 19.2 Å². The molecule has 1 aromatic carbocycles. The molecule has 0 aliphatic rings. The number of rotatable bonds is 9. The normalized spacial score (nSPS) is 11.9. The van der Waals surface area contributed by atoms with Crippen LogP contribution < -0.4 is 14.8 Å². The van der Waals surface area contributed by atoms with Crippen LogP contribution in [-0.2, 0) is 0 Å². The molecule has 0 aliphatic carbocycles. The van der Waals surface area contributed by atoms with Crippen molar-refractivity contribution in [2.24, 2.45) is 5.92 Å². The molecule has 0 aliphatic heterocycles. The third-order valence-corrected chi connectivity index (χ3v) is 2.80. The molecule has 20 heavy (non-hydrogen) atoms. The van der Waals surface area contributed by atoms with E-state index in [4.69, 9.17) is 9.47 Å². The van der Waals surface area contributed by atoms with Crippen LogP contribution in [0.25, 0.3) is 0 Å². The van der Waals surface area contributed by atoms with Crippen LogP contribution in [0.5, 0.6) is 11.5 Å². The van der Waals surface area contributed by atoms with Gasteiger partial charge in [-0.1, -0.05) is 13.8 Å². The highest BCUT2D eigenvalue weighted by Gasteiger charge is 2.13. The zero-order chi connectivity index (χ0) is 15.0. The number of nitrogens with one attached hydrogen (secondary N) is 1. The van der Waals surface area contributed by atoms with Crippen molar-refractivity contribution in [1.29, 1.82) is 0 Å². The van der Waals surface area contributed by atoms with Crippen LogP contribution in [0.1, 0.15) is 20.3 Å². The summed E-state index contributed by atoms with van der Waals surface area (Å²) in [5.74, 6) is 1.22. The van der Waals surface area contributed by atoms with Gasteiger partial charge < -0.3 is 14.8 Å². The summed E-state index contributed by atoms with van der Waals surface area (Å²) in [4.78, 5) is 10.3. The molecule has 1 aromatic rings. The Balaban J connectivity index is 2.61. The quantitative estimate of drug-likeness (QED) is 0.428. The molecule has 112 valence electrons. The first kappa shape index (κ1) is 16.2. The van der Waals surface area contributed by atoms with Crippen molar-refractivity contribution in [3.8, 4) is 11.5 Å². The fraction of sp³-hybridized carbons (Fsp3) is 0.571. The van der Waals surface area contributed by atoms with Crippen molar-refractivity contribution >= 4 is 5.69 Å². The zero-order valence-corrected chi connectivity index (χ0v) is 12.2. The van der Waals surface area contributed by atoms with E-state index in [-0.39, 0.29) is 5.69 Å². The smallest absolute Gasteiger partial charge is 0.273 e. The Morgan fingerprint density at radius 1 is 1.40 bits per heavy atom. The highest BCUT2D eigenvalue weighted by Crippen LogP contribution is 2.31. The number of non-ortho nitro benzene ring substituents is 1. The van der Waals surface area contributed by atoms with Crippen LogP contribution in [0.2, 0.25) is 0 Å². The molecule has 0 saturated heterocycles. The molecule has 1 atom stereocenters. The lowest BCUT2D eigenvalue weighted by Crippen LogP contribution is -2.25. The van der Waals surface area contributed by atoms with Crippen molar-refractivity contribution < 1.29 is 14.4 Å². The third kappa shape index (κ3) is 5.05. The van der Waals surface area contributed by atoms with E-state index in [9.17, 15) is 10.1 Å². The maximum Gasteiger partial charge on any atom is 0.273 e. The van der Waals surface area contributed by atoms with Crippen molar-refractivity contribution in [2.45, 2.75) is 20.3 Å². The lowest BCUT2D eigenvalue weighted by atomic mass is 10.2. The first-order valence-electron chi connectivity index (χ1n) is 6.74. The Bertz CT molecular complexity index is 437. The van der Waals surface area contributed by atoms with Gasteiger partial charge in [-0.2, -0.15) is 0 Å². The number of hydrogen-bond acceptors (Lipinski definition) is 5. The van der Waals surface area contributed by atoms with Crippen LogP contribution in [0.15, 0.2) is 18.2 Å². The third-order valence-electron chi connectivity index (χ3n) is 2.80. The van der Waals surface area contributed by atoms with Gasteiger partial charge in [0.25, 0.3) is 5.69 Å². The number of nitrogens with zero attached hydrogens (tertiary/aromatic N) is 1. The molecule has 1 rings (SSSR count). The highest BCUT2D eigenvalue weighted by molar-refractivity contribution is 5.48. The minimum Gasteiger partial charge on any atom is -0.493 e. The predicted octanol–water partition coefficient (Wildman–Crippen LogP) is 2.62. The van der Waals surface area contributed by atoms with Crippen molar-refractivity contribution in [3.63, 3.8) is 0 Å². The van der Waals surface area contributed by atoms with E-state index < -0.39 is 4.92 Å². The number of nitro groups is 1. The summed E-state index contributed by atoms with van der Waals surface area (Å²) >= 11 is 0. The van der Waals surface area contributed by atoms with Crippen LogP contribution in [0, 0.1) is 16.0 Å². The van der Waals surface area contributed by atoms with E-state index in [0.29, 0.717) is 24.0 Å². The van der Waals surface area contributed by atoms with Gasteiger partial charge in [0.15, 0.2) is 11.5 Å². The molecule has 0 spiro atoms. The van der Waals surface area contributed by atoms with E-state index in [1.165, 1.54) is 19.2 Å². The minimum absolute atomic E-state index is 0.00226. The average molecular weight is 282 g/mol. The zero-order valence-electron chi connectivity index (χ0n) is 12.2. The summed E-state index contributed by atoms with van der Waals surface area (Å²) in [6.07, 6.45) is 1.09. The second-order valence-electron chi connectivity index (χ2n) is 4.71.